The SMILES string of the molecule is [N-]=[N+]=NCC1=C(C(=O)[O-])N2C(=O)C(NC(=O)CS(=O)c3ccccc3)C2SC1.[Na+]. The molecule has 2 heterocycles. The fourth-order valence-corrected chi connectivity index (χ4v) is 5.18. The largest absolute Gasteiger partial charge is 1.00 e. The van der Waals surface area contributed by atoms with E-state index in [0.717, 1.165) is 4.90 Å². The predicted molar refractivity (Wildman–Crippen MR) is 98.8 cm³/mol. The first-order valence-corrected chi connectivity index (χ1v) is 10.4. The average molecular weight is 443 g/mol. The zero-order chi connectivity index (χ0) is 20.3. The van der Waals surface area contributed by atoms with Gasteiger partial charge in [-0.3, -0.25) is 18.7 Å². The summed E-state index contributed by atoms with van der Waals surface area (Å²) in [6.45, 7) is -0.184. The van der Waals surface area contributed by atoms with E-state index in [1.54, 1.807) is 30.3 Å². The third-order valence-electron chi connectivity index (χ3n) is 4.15. The van der Waals surface area contributed by atoms with Gasteiger partial charge in [0.05, 0.1) is 29.0 Å². The molecule has 3 rings (SSSR count). The molecule has 2 amide bonds. The minimum Gasteiger partial charge on any atom is -0.543 e. The van der Waals surface area contributed by atoms with Crippen LogP contribution in [0.3, 0.4) is 0 Å². The number of carbonyl (C=O) groups excluding carboxylic acids is 3. The summed E-state index contributed by atoms with van der Waals surface area (Å²) >= 11 is 1.24. The Morgan fingerprint density at radius 1 is 1.38 bits per heavy atom. The second-order valence-electron chi connectivity index (χ2n) is 5.89. The third-order valence-corrected chi connectivity index (χ3v) is 6.81. The van der Waals surface area contributed by atoms with Crippen molar-refractivity contribution in [2.45, 2.75) is 16.3 Å². The molecule has 13 heteroatoms. The molecule has 1 N–H and O–H groups in total. The molecule has 0 spiro atoms. The number of amides is 2. The van der Waals surface area contributed by atoms with Gasteiger partial charge in [-0.25, -0.2) is 0 Å². The first-order valence-electron chi connectivity index (χ1n) is 8.05. The van der Waals surface area contributed by atoms with Crippen LogP contribution in [0.5, 0.6) is 0 Å². The van der Waals surface area contributed by atoms with Crippen LogP contribution in [0.15, 0.2) is 51.6 Å². The quantitative estimate of drug-likeness (QED) is 0.152. The summed E-state index contributed by atoms with van der Waals surface area (Å²) in [6.07, 6.45) is 0. The molecular formula is C16H14N5NaO5S2. The number of thioether (sulfide) groups is 1. The number of nitrogens with one attached hydrogen (secondary N) is 1. The Balaban J connectivity index is 0.00000300. The molecule has 10 nitrogen and oxygen atoms in total. The molecule has 0 radical (unpaired) electrons. The van der Waals surface area contributed by atoms with Gasteiger partial charge in [-0.15, -0.1) is 11.8 Å². The smallest absolute Gasteiger partial charge is 0.543 e. The molecule has 1 aromatic rings. The molecule has 146 valence electrons. The normalized spacial score (nSPS) is 21.1. The minimum atomic E-state index is -1.56. The molecule has 3 unspecified atom stereocenters. The van der Waals surface area contributed by atoms with Crippen molar-refractivity contribution in [2.24, 2.45) is 5.11 Å². The molecule has 3 atom stereocenters. The van der Waals surface area contributed by atoms with Gasteiger partial charge in [-0.1, -0.05) is 23.3 Å². The Kier molecular flexibility index (Phi) is 8.32. The van der Waals surface area contributed by atoms with Crippen molar-refractivity contribution in [3.05, 3.63) is 52.0 Å². The van der Waals surface area contributed by atoms with Crippen molar-refractivity contribution in [1.29, 1.82) is 0 Å². The van der Waals surface area contributed by atoms with Crippen LogP contribution >= 0.6 is 11.8 Å². The van der Waals surface area contributed by atoms with Crippen LogP contribution in [-0.4, -0.2) is 56.4 Å². The molecular weight excluding hydrogens is 429 g/mol. The Morgan fingerprint density at radius 3 is 2.69 bits per heavy atom. The van der Waals surface area contributed by atoms with E-state index in [1.165, 1.54) is 11.8 Å². The first kappa shape index (κ1) is 23.5. The number of rotatable bonds is 7. The predicted octanol–water partition coefficient (Wildman–Crippen LogP) is -3.49. The van der Waals surface area contributed by atoms with Gasteiger partial charge in [0.25, 0.3) is 5.91 Å². The Bertz CT molecular complexity index is 935. The second kappa shape index (κ2) is 10.3. The molecule has 1 saturated heterocycles. The molecule has 0 saturated carbocycles. The van der Waals surface area contributed by atoms with E-state index in [1.807, 2.05) is 0 Å². The maximum absolute atomic E-state index is 12.4. The van der Waals surface area contributed by atoms with E-state index in [2.05, 4.69) is 15.3 Å². The maximum Gasteiger partial charge on any atom is 1.00 e. The van der Waals surface area contributed by atoms with Crippen molar-refractivity contribution in [2.75, 3.05) is 18.1 Å². The number of benzene rings is 1. The number of carboxylic acids is 1. The molecule has 2 aliphatic heterocycles. The maximum atomic E-state index is 12.4. The van der Waals surface area contributed by atoms with Crippen molar-refractivity contribution in [3.8, 4) is 0 Å². The van der Waals surface area contributed by atoms with Crippen molar-refractivity contribution >= 4 is 40.3 Å². The summed E-state index contributed by atoms with van der Waals surface area (Å²) in [5, 5.41) is 16.7. The zero-order valence-corrected chi connectivity index (χ0v) is 18.9. The van der Waals surface area contributed by atoms with Gasteiger partial charge in [0, 0.05) is 15.6 Å². The van der Waals surface area contributed by atoms with Crippen LogP contribution in [0.4, 0.5) is 0 Å². The van der Waals surface area contributed by atoms with Gasteiger partial charge in [0.1, 0.15) is 17.2 Å². The summed E-state index contributed by atoms with van der Waals surface area (Å²) in [5.74, 6) is -2.81. The van der Waals surface area contributed by atoms with Crippen LogP contribution < -0.4 is 40.0 Å². The third kappa shape index (κ3) is 5.03. The molecule has 1 aromatic carbocycles. The Hall–Kier alpha value is -1.82. The second-order valence-corrected chi connectivity index (χ2v) is 8.44. The zero-order valence-electron chi connectivity index (χ0n) is 15.3. The number of nitrogens with zero attached hydrogens (tertiary/aromatic N) is 4. The fourth-order valence-electron chi connectivity index (χ4n) is 2.90. The van der Waals surface area contributed by atoms with E-state index < -0.39 is 40.0 Å². The van der Waals surface area contributed by atoms with E-state index in [-0.39, 0.29) is 58.9 Å². The molecule has 29 heavy (non-hydrogen) atoms. The van der Waals surface area contributed by atoms with Gasteiger partial charge in [0.15, 0.2) is 0 Å². The van der Waals surface area contributed by atoms with Gasteiger partial charge in [0.2, 0.25) is 5.91 Å². The number of hydrogen-bond acceptors (Lipinski definition) is 7. The van der Waals surface area contributed by atoms with Crippen molar-refractivity contribution in [1.82, 2.24) is 10.2 Å². The molecule has 2 aliphatic rings. The fraction of sp³-hybridized carbons (Fsp3) is 0.312. The van der Waals surface area contributed by atoms with E-state index in [4.69, 9.17) is 5.53 Å². The number of carbonyl (C=O) groups is 3. The van der Waals surface area contributed by atoms with Crippen LogP contribution in [0.1, 0.15) is 0 Å². The van der Waals surface area contributed by atoms with E-state index in [0.29, 0.717) is 4.90 Å². The van der Waals surface area contributed by atoms with Gasteiger partial charge >= 0.3 is 29.6 Å². The van der Waals surface area contributed by atoms with Crippen LogP contribution in [0.25, 0.3) is 10.4 Å². The van der Waals surface area contributed by atoms with Gasteiger partial charge in [-0.2, -0.15) is 0 Å². The summed E-state index contributed by atoms with van der Waals surface area (Å²) in [6, 6.07) is 7.54. The monoisotopic (exact) mass is 443 g/mol. The number of fused-ring (bicyclic) bond motifs is 1. The van der Waals surface area contributed by atoms with Crippen LogP contribution in [0.2, 0.25) is 0 Å². The average Bonchev–Trinajstić information content (AvgIpc) is 2.70. The van der Waals surface area contributed by atoms with Crippen LogP contribution in [0, 0.1) is 0 Å². The number of aliphatic carboxylic acids is 1. The van der Waals surface area contributed by atoms with Gasteiger partial charge < -0.3 is 15.2 Å². The minimum absolute atomic E-state index is 0. The standard InChI is InChI=1S/C16H15N5O5S2.Na/c17-20-18-6-9-7-27-15-12(14(23)21(15)13(9)16(24)25)19-11(22)8-28(26)10-4-2-1-3-5-10;/h1-5,12,15H,6-8H2,(H,19,22)(H,24,25);/q;+1/p-1. The molecule has 0 aliphatic carbocycles. The summed E-state index contributed by atoms with van der Waals surface area (Å²) < 4.78 is 12.2. The summed E-state index contributed by atoms with van der Waals surface area (Å²) in [4.78, 5) is 40.2. The Morgan fingerprint density at radius 2 is 2.07 bits per heavy atom. The van der Waals surface area contributed by atoms with Crippen molar-refractivity contribution < 1.29 is 53.3 Å². The molecule has 0 bridgehead atoms. The summed E-state index contributed by atoms with van der Waals surface area (Å²) in [7, 11) is -1.56. The number of carboxylic acid groups (broad SMARTS) is 1. The number of β-lactam (4-membered cyclic amide) rings is 1. The molecule has 0 aromatic heterocycles. The van der Waals surface area contributed by atoms with Gasteiger partial charge in [-0.05, 0) is 23.2 Å². The van der Waals surface area contributed by atoms with Crippen molar-refractivity contribution in [3.63, 3.8) is 0 Å². The Labute approximate surface area is 194 Å². The summed E-state index contributed by atoms with van der Waals surface area (Å²) in [5.41, 5.74) is 8.37. The number of azide groups is 1. The number of hydrogen-bond donors (Lipinski definition) is 1. The molecule has 1 fully saturated rings. The van der Waals surface area contributed by atoms with Crippen LogP contribution in [-0.2, 0) is 25.2 Å². The van der Waals surface area contributed by atoms with E-state index >= 15 is 0 Å². The topological polar surface area (TPSA) is 155 Å². The van der Waals surface area contributed by atoms with E-state index in [9.17, 15) is 23.7 Å². The first-order chi connectivity index (χ1) is 13.4.